The van der Waals surface area contributed by atoms with E-state index < -0.39 is 28.1 Å². The van der Waals surface area contributed by atoms with Crippen molar-refractivity contribution in [1.82, 2.24) is 14.7 Å². The average molecular weight is 442 g/mol. The van der Waals surface area contributed by atoms with Crippen LogP contribution >= 0.6 is 0 Å². The molecule has 14 heteroatoms. The fraction of sp³-hybridized carbons (Fsp3) is 0.250. The van der Waals surface area contributed by atoms with Gasteiger partial charge in [0.25, 0.3) is 0 Å². The first kappa shape index (κ1) is 22.5. The number of ether oxygens (including phenoxy) is 4. The summed E-state index contributed by atoms with van der Waals surface area (Å²) in [5, 5.41) is 2.10. The number of urea groups is 1. The Balaban J connectivity index is 2.22. The number of esters is 1. The maximum absolute atomic E-state index is 12.3. The van der Waals surface area contributed by atoms with E-state index in [1.807, 2.05) is 0 Å². The third-order valence-electron chi connectivity index (χ3n) is 3.34. The summed E-state index contributed by atoms with van der Waals surface area (Å²) >= 11 is 0. The van der Waals surface area contributed by atoms with Gasteiger partial charge in [-0.2, -0.15) is 18.4 Å². The minimum atomic E-state index is -4.75. The fourth-order valence-corrected chi connectivity index (χ4v) is 2.78. The number of methoxy groups -OCH3 is 4. The van der Waals surface area contributed by atoms with Crippen LogP contribution in [-0.2, 0) is 15.0 Å². The van der Waals surface area contributed by atoms with Gasteiger partial charge in [-0.25, -0.2) is 14.3 Å². The van der Waals surface area contributed by atoms with Crippen LogP contribution in [0.1, 0.15) is 10.4 Å². The molecule has 0 unspecified atom stereocenters. The maximum atomic E-state index is 12.3. The van der Waals surface area contributed by atoms with Crippen molar-refractivity contribution < 1.29 is 41.1 Å². The highest BCUT2D eigenvalue weighted by Gasteiger charge is 2.25. The molecule has 30 heavy (non-hydrogen) atoms. The summed E-state index contributed by atoms with van der Waals surface area (Å²) in [6.45, 7) is 0. The van der Waals surface area contributed by atoms with Gasteiger partial charge in [0.1, 0.15) is 5.56 Å². The molecule has 13 nitrogen and oxygen atoms in total. The van der Waals surface area contributed by atoms with Crippen LogP contribution < -0.4 is 28.4 Å². The molecular formula is C16H18N4O9S. The van der Waals surface area contributed by atoms with E-state index >= 15 is 0 Å². The third kappa shape index (κ3) is 5.60. The second kappa shape index (κ2) is 9.60. The third-order valence-corrected chi connectivity index (χ3v) is 4.16. The predicted molar refractivity (Wildman–Crippen MR) is 101 cm³/mol. The van der Waals surface area contributed by atoms with Gasteiger partial charge in [-0.3, -0.25) is 5.32 Å². The van der Waals surface area contributed by atoms with Crippen LogP contribution in [0.3, 0.4) is 0 Å². The van der Waals surface area contributed by atoms with Gasteiger partial charge in [-0.15, -0.1) is 0 Å². The first-order valence-corrected chi connectivity index (χ1v) is 9.39. The number of aromatic nitrogens is 2. The second-order valence-corrected chi connectivity index (χ2v) is 6.48. The molecule has 0 saturated heterocycles. The number of hydrogen-bond acceptors (Lipinski definition) is 11. The molecule has 0 spiro atoms. The van der Waals surface area contributed by atoms with Crippen molar-refractivity contribution in [3.63, 3.8) is 0 Å². The average Bonchev–Trinajstić information content (AvgIpc) is 2.71. The second-order valence-electron chi connectivity index (χ2n) is 5.20. The molecule has 162 valence electrons. The number of amides is 2. The number of carbonyl (C=O) groups excluding carboxylic acids is 2. The van der Waals surface area contributed by atoms with Crippen molar-refractivity contribution >= 4 is 28.3 Å². The van der Waals surface area contributed by atoms with Gasteiger partial charge in [0.05, 0.1) is 34.5 Å². The quantitative estimate of drug-likeness (QED) is 0.554. The molecule has 0 radical (unpaired) electrons. The van der Waals surface area contributed by atoms with Gasteiger partial charge in [0.2, 0.25) is 23.5 Å². The lowest BCUT2D eigenvalue weighted by molar-refractivity contribution is 0.0598. The summed E-state index contributed by atoms with van der Waals surface area (Å²) in [6, 6.07) is 4.14. The van der Waals surface area contributed by atoms with Crippen LogP contribution in [0.2, 0.25) is 0 Å². The smallest absolute Gasteiger partial charge is 0.411 e. The van der Waals surface area contributed by atoms with Crippen molar-refractivity contribution in [2.24, 2.45) is 0 Å². The number of anilines is 1. The number of hydrogen-bond donors (Lipinski definition) is 2. The van der Waals surface area contributed by atoms with E-state index in [9.17, 15) is 18.0 Å². The van der Waals surface area contributed by atoms with E-state index in [2.05, 4.69) is 20.0 Å². The van der Waals surface area contributed by atoms with Crippen molar-refractivity contribution in [2.45, 2.75) is 0 Å². The van der Waals surface area contributed by atoms with Crippen LogP contribution in [0.15, 0.2) is 24.3 Å². The number of rotatable bonds is 8. The van der Waals surface area contributed by atoms with E-state index in [0.717, 1.165) is 7.11 Å². The summed E-state index contributed by atoms with van der Waals surface area (Å²) in [4.78, 5) is 31.6. The number of benzene rings is 1. The summed E-state index contributed by atoms with van der Waals surface area (Å²) < 4.78 is 50.5. The molecule has 2 amide bonds. The van der Waals surface area contributed by atoms with Crippen molar-refractivity contribution in [1.29, 1.82) is 0 Å². The van der Waals surface area contributed by atoms with Crippen molar-refractivity contribution in [3.8, 4) is 23.3 Å². The minimum absolute atomic E-state index is 0.0630. The topological polar surface area (TPSA) is 164 Å². The van der Waals surface area contributed by atoms with Crippen molar-refractivity contribution in [3.05, 3.63) is 29.8 Å². The van der Waals surface area contributed by atoms with Crippen LogP contribution in [0.25, 0.3) is 0 Å². The Morgan fingerprint density at radius 1 is 0.967 bits per heavy atom. The van der Waals surface area contributed by atoms with Gasteiger partial charge in [-0.05, 0) is 12.1 Å². The van der Waals surface area contributed by atoms with Crippen LogP contribution in [0, 0.1) is 0 Å². The highest BCUT2D eigenvalue weighted by molar-refractivity contribution is 7.85. The highest BCUT2D eigenvalue weighted by Crippen LogP contribution is 2.32. The molecule has 1 heterocycles. The van der Waals surface area contributed by atoms with Gasteiger partial charge in [0, 0.05) is 0 Å². The highest BCUT2D eigenvalue weighted by atomic mass is 32.2. The lowest BCUT2D eigenvalue weighted by atomic mass is 10.2. The van der Waals surface area contributed by atoms with E-state index in [1.165, 1.54) is 45.6 Å². The molecule has 0 aliphatic carbocycles. The largest absolute Gasteiger partial charge is 0.493 e. The summed E-state index contributed by atoms with van der Waals surface area (Å²) in [6.07, 6.45) is 0. The molecule has 1 aromatic carbocycles. The summed E-state index contributed by atoms with van der Waals surface area (Å²) in [7, 11) is 0.254. The normalized spacial score (nSPS) is 10.5. The van der Waals surface area contributed by atoms with Gasteiger partial charge in [-0.1, -0.05) is 6.07 Å². The van der Waals surface area contributed by atoms with Crippen LogP contribution in [0.5, 0.6) is 23.3 Å². The maximum Gasteiger partial charge on any atom is 0.411 e. The van der Waals surface area contributed by atoms with Crippen LogP contribution in [0.4, 0.5) is 10.7 Å². The summed E-state index contributed by atoms with van der Waals surface area (Å²) in [5.41, 5.74) is -0.233. The Bertz CT molecular complexity index is 1020. The monoisotopic (exact) mass is 442 g/mol. The Kier molecular flexibility index (Phi) is 7.19. The van der Waals surface area contributed by atoms with Gasteiger partial charge in [0.15, 0.2) is 5.75 Å². The number of carbonyl (C=O) groups is 2. The molecule has 2 N–H and O–H groups in total. The predicted octanol–water partition coefficient (Wildman–Crippen LogP) is 0.734. The van der Waals surface area contributed by atoms with E-state index in [-0.39, 0.29) is 29.0 Å². The molecule has 2 aromatic rings. The zero-order chi connectivity index (χ0) is 22.3. The fourth-order valence-electron chi connectivity index (χ4n) is 2.07. The number of nitrogens with zero attached hydrogens (tertiary/aromatic N) is 2. The van der Waals surface area contributed by atoms with Gasteiger partial charge < -0.3 is 23.1 Å². The van der Waals surface area contributed by atoms with Crippen LogP contribution in [-0.4, -0.2) is 58.8 Å². The van der Waals surface area contributed by atoms with E-state index in [0.29, 0.717) is 0 Å². The molecule has 0 aliphatic heterocycles. The Labute approximate surface area is 171 Å². The Morgan fingerprint density at radius 3 is 2.13 bits per heavy atom. The standard InChI is InChI=1S/C16H18N4O9S/c1-25-10-7-5-6-9(14(21)28-4)13(10)29-30(23,24)20-16(22)19-15-17-11(26-2)8-12(18-15)27-3/h5-8H,1-4H3,(H2,17,18,19,20,22). The van der Waals surface area contributed by atoms with E-state index in [1.54, 1.807) is 4.72 Å². The molecule has 0 fully saturated rings. The number of para-hydroxylation sites is 1. The molecule has 0 bridgehead atoms. The first-order valence-electron chi connectivity index (χ1n) is 7.98. The molecular weight excluding hydrogens is 424 g/mol. The lowest BCUT2D eigenvalue weighted by Crippen LogP contribution is -2.37. The van der Waals surface area contributed by atoms with E-state index in [4.69, 9.17) is 18.4 Å². The molecule has 0 saturated carbocycles. The summed E-state index contributed by atoms with van der Waals surface area (Å²) in [5.74, 6) is -1.59. The van der Waals surface area contributed by atoms with Gasteiger partial charge >= 0.3 is 22.3 Å². The molecule has 1 aromatic heterocycles. The molecule has 0 aliphatic rings. The molecule has 2 rings (SSSR count). The SMILES string of the molecule is COC(=O)c1cccc(OC)c1OS(=O)(=O)NC(=O)Nc1nc(OC)cc(OC)n1. The van der Waals surface area contributed by atoms with Crippen molar-refractivity contribution in [2.75, 3.05) is 33.8 Å². The minimum Gasteiger partial charge on any atom is -0.493 e. The first-order chi connectivity index (χ1) is 14.2. The zero-order valence-electron chi connectivity index (χ0n) is 16.3. The number of nitrogens with one attached hydrogen (secondary N) is 2. The Morgan fingerprint density at radius 2 is 1.60 bits per heavy atom. The zero-order valence-corrected chi connectivity index (χ0v) is 17.1. The Hall–Kier alpha value is -3.81. The molecule has 0 atom stereocenters. The lowest BCUT2D eigenvalue weighted by Gasteiger charge is -2.14.